The zero-order valence-corrected chi connectivity index (χ0v) is 13.7. The van der Waals surface area contributed by atoms with Crippen LogP contribution in [0.3, 0.4) is 0 Å². The van der Waals surface area contributed by atoms with Gasteiger partial charge in [0.1, 0.15) is 0 Å². The van der Waals surface area contributed by atoms with Gasteiger partial charge < -0.3 is 4.90 Å². The van der Waals surface area contributed by atoms with Crippen molar-refractivity contribution in [1.29, 1.82) is 0 Å². The number of nitrogens with two attached hydrogens (primary N) is 1. The molecule has 0 fully saturated rings. The molecule has 0 bridgehead atoms. The van der Waals surface area contributed by atoms with Crippen LogP contribution < -0.4 is 10.7 Å². The average Bonchev–Trinajstić information content (AvgIpc) is 2.83. The summed E-state index contributed by atoms with van der Waals surface area (Å²) in [6.45, 7) is 2.69. The number of rotatable bonds is 3. The number of hydrazine groups is 1. The molecule has 1 aliphatic rings. The van der Waals surface area contributed by atoms with Gasteiger partial charge in [-0.3, -0.25) is 5.84 Å². The lowest BCUT2D eigenvalue weighted by atomic mass is 10.2. The molecule has 4 nitrogen and oxygen atoms in total. The fourth-order valence-corrected chi connectivity index (χ4v) is 4.13. The molecule has 0 spiro atoms. The summed E-state index contributed by atoms with van der Waals surface area (Å²) in [6, 6.07) is 4.24. The molecule has 2 heterocycles. The maximum absolute atomic E-state index is 5.79. The number of benzene rings is 1. The van der Waals surface area contributed by atoms with Crippen LogP contribution in [0.4, 0.5) is 5.13 Å². The van der Waals surface area contributed by atoms with Gasteiger partial charge in [0.15, 0.2) is 5.13 Å². The van der Waals surface area contributed by atoms with Gasteiger partial charge in [-0.05, 0) is 24.1 Å². The van der Waals surface area contributed by atoms with Crippen molar-refractivity contribution in [2.75, 3.05) is 25.0 Å². The molecule has 2 aromatic rings. The van der Waals surface area contributed by atoms with Gasteiger partial charge in [0.05, 0.1) is 10.2 Å². The van der Waals surface area contributed by atoms with E-state index in [0.717, 1.165) is 40.2 Å². The van der Waals surface area contributed by atoms with Crippen molar-refractivity contribution in [2.24, 2.45) is 5.84 Å². The maximum Gasteiger partial charge on any atom is 0.186 e. The molecule has 0 saturated carbocycles. The number of fused-ring (bicyclic) bond motifs is 1. The van der Waals surface area contributed by atoms with E-state index in [1.165, 1.54) is 4.70 Å². The molecule has 0 unspecified atom stereocenters. The van der Waals surface area contributed by atoms with Crippen LogP contribution in [0.5, 0.6) is 0 Å². The van der Waals surface area contributed by atoms with Gasteiger partial charge in [-0.25, -0.2) is 9.99 Å². The van der Waals surface area contributed by atoms with E-state index in [2.05, 4.69) is 45.1 Å². The molecule has 106 valence electrons. The van der Waals surface area contributed by atoms with Crippen molar-refractivity contribution in [3.63, 3.8) is 0 Å². The SMILES string of the molecule is CN(N)Cc1cc(Br)cc2sc(N3CC=CCC3)nc12. The zero-order valence-electron chi connectivity index (χ0n) is 11.3. The fourth-order valence-electron chi connectivity index (χ4n) is 2.39. The molecule has 20 heavy (non-hydrogen) atoms. The van der Waals surface area contributed by atoms with E-state index >= 15 is 0 Å². The van der Waals surface area contributed by atoms with E-state index in [9.17, 15) is 0 Å². The molecule has 3 rings (SSSR count). The number of nitrogens with zero attached hydrogens (tertiary/aromatic N) is 3. The van der Waals surface area contributed by atoms with Gasteiger partial charge in [0.25, 0.3) is 0 Å². The molecule has 0 atom stereocenters. The second kappa shape index (κ2) is 5.81. The van der Waals surface area contributed by atoms with Crippen molar-refractivity contribution >= 4 is 42.6 Å². The molecule has 0 aliphatic carbocycles. The van der Waals surface area contributed by atoms with Gasteiger partial charge in [-0.2, -0.15) is 0 Å². The lowest BCUT2D eigenvalue weighted by Crippen LogP contribution is -2.26. The summed E-state index contributed by atoms with van der Waals surface area (Å²) in [5.41, 5.74) is 2.23. The van der Waals surface area contributed by atoms with Crippen molar-refractivity contribution in [3.8, 4) is 0 Å². The van der Waals surface area contributed by atoms with Gasteiger partial charge >= 0.3 is 0 Å². The lowest BCUT2D eigenvalue weighted by Gasteiger charge is -2.22. The van der Waals surface area contributed by atoms with Crippen LogP contribution in [0, 0.1) is 0 Å². The Bertz CT molecular complexity index is 650. The Balaban J connectivity index is 2.02. The minimum atomic E-state index is 0.693. The molecule has 0 radical (unpaired) electrons. The van der Waals surface area contributed by atoms with E-state index in [1.807, 2.05) is 7.05 Å². The Morgan fingerprint density at radius 1 is 1.45 bits per heavy atom. The molecular formula is C14H17BrN4S. The topological polar surface area (TPSA) is 45.4 Å². The number of hydrogen-bond acceptors (Lipinski definition) is 5. The van der Waals surface area contributed by atoms with Crippen LogP contribution in [0.25, 0.3) is 10.2 Å². The number of aromatic nitrogens is 1. The van der Waals surface area contributed by atoms with Crippen molar-refractivity contribution in [3.05, 3.63) is 34.3 Å². The fraction of sp³-hybridized carbons (Fsp3) is 0.357. The van der Waals surface area contributed by atoms with Gasteiger partial charge in [0, 0.05) is 31.2 Å². The largest absolute Gasteiger partial charge is 0.344 e. The Morgan fingerprint density at radius 3 is 3.00 bits per heavy atom. The Kier molecular flexibility index (Phi) is 4.07. The van der Waals surface area contributed by atoms with Gasteiger partial charge in [-0.1, -0.05) is 39.4 Å². The van der Waals surface area contributed by atoms with Crippen LogP contribution in [-0.4, -0.2) is 30.1 Å². The Hall–Kier alpha value is -0.950. The molecule has 6 heteroatoms. The summed E-state index contributed by atoms with van der Waals surface area (Å²) in [5.74, 6) is 5.79. The Labute approximate surface area is 131 Å². The molecule has 1 aliphatic heterocycles. The monoisotopic (exact) mass is 352 g/mol. The highest BCUT2D eigenvalue weighted by Crippen LogP contribution is 2.34. The maximum atomic E-state index is 5.79. The van der Waals surface area contributed by atoms with E-state index < -0.39 is 0 Å². The summed E-state index contributed by atoms with van der Waals surface area (Å²) in [5, 5.41) is 2.78. The van der Waals surface area contributed by atoms with Crippen LogP contribution in [0.15, 0.2) is 28.8 Å². The second-order valence-electron chi connectivity index (χ2n) is 5.03. The molecule has 2 N–H and O–H groups in total. The van der Waals surface area contributed by atoms with Gasteiger partial charge in [0.2, 0.25) is 0 Å². The Morgan fingerprint density at radius 2 is 2.30 bits per heavy atom. The smallest absolute Gasteiger partial charge is 0.186 e. The minimum absolute atomic E-state index is 0.693. The molecule has 1 aromatic heterocycles. The van der Waals surface area contributed by atoms with Crippen LogP contribution in [-0.2, 0) is 6.54 Å². The highest BCUT2D eigenvalue weighted by Gasteiger charge is 2.15. The molecule has 1 aromatic carbocycles. The predicted molar refractivity (Wildman–Crippen MR) is 88.9 cm³/mol. The number of halogens is 1. The third kappa shape index (κ3) is 2.88. The van der Waals surface area contributed by atoms with E-state index in [4.69, 9.17) is 10.8 Å². The first-order valence-corrected chi connectivity index (χ1v) is 8.19. The normalized spacial score (nSPS) is 15.5. The highest BCUT2D eigenvalue weighted by molar-refractivity contribution is 9.10. The molecule has 0 amide bonds. The summed E-state index contributed by atoms with van der Waals surface area (Å²) in [7, 11) is 1.87. The van der Waals surface area contributed by atoms with Crippen LogP contribution >= 0.6 is 27.3 Å². The van der Waals surface area contributed by atoms with Crippen LogP contribution in [0.1, 0.15) is 12.0 Å². The van der Waals surface area contributed by atoms with E-state index in [0.29, 0.717) is 6.54 Å². The first-order valence-electron chi connectivity index (χ1n) is 6.58. The third-order valence-electron chi connectivity index (χ3n) is 3.28. The average molecular weight is 353 g/mol. The quantitative estimate of drug-likeness (QED) is 0.523. The third-order valence-corrected chi connectivity index (χ3v) is 4.80. The summed E-state index contributed by atoms with van der Waals surface area (Å²) < 4.78 is 2.29. The number of anilines is 1. The summed E-state index contributed by atoms with van der Waals surface area (Å²) in [6.07, 6.45) is 5.54. The summed E-state index contributed by atoms with van der Waals surface area (Å²) >= 11 is 5.32. The van der Waals surface area contributed by atoms with Gasteiger partial charge in [-0.15, -0.1) is 0 Å². The van der Waals surface area contributed by atoms with Crippen molar-refractivity contribution in [2.45, 2.75) is 13.0 Å². The van der Waals surface area contributed by atoms with E-state index in [1.54, 1.807) is 16.3 Å². The highest BCUT2D eigenvalue weighted by atomic mass is 79.9. The van der Waals surface area contributed by atoms with Crippen molar-refractivity contribution < 1.29 is 0 Å². The minimum Gasteiger partial charge on any atom is -0.344 e. The molecule has 0 saturated heterocycles. The van der Waals surface area contributed by atoms with E-state index in [-0.39, 0.29) is 0 Å². The zero-order chi connectivity index (χ0) is 14.1. The lowest BCUT2D eigenvalue weighted by molar-refractivity contribution is 0.343. The predicted octanol–water partition coefficient (Wildman–Crippen LogP) is 3.13. The second-order valence-corrected chi connectivity index (χ2v) is 6.95. The first kappa shape index (κ1) is 14.0. The molecular weight excluding hydrogens is 336 g/mol. The van der Waals surface area contributed by atoms with Crippen molar-refractivity contribution in [1.82, 2.24) is 9.99 Å². The number of thiazole rings is 1. The number of hydrogen-bond donors (Lipinski definition) is 1. The van der Waals surface area contributed by atoms with Crippen LogP contribution in [0.2, 0.25) is 0 Å². The summed E-state index contributed by atoms with van der Waals surface area (Å²) in [4.78, 5) is 7.17. The first-order chi connectivity index (χ1) is 9.63. The standard InChI is InChI=1S/C14H17BrN4S/c1-18(16)9-10-7-11(15)8-12-13(10)17-14(20-12)19-5-3-2-4-6-19/h2-3,7-8H,4-6,9,16H2,1H3.